The molecule has 0 radical (unpaired) electrons. The van der Waals surface area contributed by atoms with E-state index in [0.29, 0.717) is 6.54 Å². The fourth-order valence-electron chi connectivity index (χ4n) is 2.24. The molecule has 0 aromatic heterocycles. The van der Waals surface area contributed by atoms with Gasteiger partial charge in [-0.25, -0.2) is 0 Å². The summed E-state index contributed by atoms with van der Waals surface area (Å²) < 4.78 is 0. The Kier molecular flexibility index (Phi) is 3.95. The van der Waals surface area contributed by atoms with E-state index in [4.69, 9.17) is 5.11 Å². The van der Waals surface area contributed by atoms with E-state index in [2.05, 4.69) is 32.7 Å². The number of hydrogen-bond acceptors (Lipinski definition) is 6. The first kappa shape index (κ1) is 13.5. The van der Waals surface area contributed by atoms with Crippen LogP contribution in [0.5, 0.6) is 0 Å². The smallest absolute Gasteiger partial charge is 0.168 e. The van der Waals surface area contributed by atoms with Gasteiger partial charge in [-0.05, 0) is 12.1 Å². The fraction of sp³-hybridized carbons (Fsp3) is 0.357. The summed E-state index contributed by atoms with van der Waals surface area (Å²) in [6, 6.07) is 8.06. The molecule has 0 fully saturated rings. The molecule has 6 heteroatoms. The third kappa shape index (κ3) is 2.67. The van der Waals surface area contributed by atoms with Gasteiger partial charge >= 0.3 is 0 Å². The number of aliphatic imine (C=N–C) groups is 1. The van der Waals surface area contributed by atoms with Gasteiger partial charge in [-0.2, -0.15) is 0 Å². The second-order valence-electron chi connectivity index (χ2n) is 4.73. The third-order valence-electron chi connectivity index (χ3n) is 3.28. The summed E-state index contributed by atoms with van der Waals surface area (Å²) >= 11 is 1.66. The van der Waals surface area contributed by atoms with Gasteiger partial charge in [0.25, 0.3) is 0 Å². The quantitative estimate of drug-likeness (QED) is 0.760. The number of aliphatic hydroxyl groups is 2. The van der Waals surface area contributed by atoms with Crippen molar-refractivity contribution in [1.29, 1.82) is 0 Å². The van der Waals surface area contributed by atoms with Gasteiger partial charge < -0.3 is 20.4 Å². The minimum Gasteiger partial charge on any atom is -0.394 e. The number of fused-ring (bicyclic) bond motifs is 1. The van der Waals surface area contributed by atoms with Crippen molar-refractivity contribution in [2.75, 3.05) is 31.6 Å². The molecule has 0 saturated carbocycles. The second-order valence-corrected chi connectivity index (χ2v) is 5.57. The zero-order valence-corrected chi connectivity index (χ0v) is 11.8. The van der Waals surface area contributed by atoms with Crippen molar-refractivity contribution in [1.82, 2.24) is 4.90 Å². The maximum absolute atomic E-state index is 9.37. The Morgan fingerprint density at radius 3 is 3.20 bits per heavy atom. The van der Waals surface area contributed by atoms with Crippen molar-refractivity contribution in [2.24, 2.45) is 4.99 Å². The maximum atomic E-state index is 9.37. The minimum absolute atomic E-state index is 0.234. The Bertz CT molecular complexity index is 559. The molecule has 0 saturated heterocycles. The number of rotatable bonds is 5. The van der Waals surface area contributed by atoms with E-state index in [1.165, 1.54) is 5.70 Å². The van der Waals surface area contributed by atoms with Gasteiger partial charge in [-0.1, -0.05) is 23.9 Å². The Morgan fingerprint density at radius 2 is 2.35 bits per heavy atom. The molecule has 2 aliphatic heterocycles. The van der Waals surface area contributed by atoms with Crippen molar-refractivity contribution in [3.63, 3.8) is 0 Å². The number of nitrogens with zero attached hydrogens (tertiary/aromatic N) is 2. The molecule has 0 aliphatic carbocycles. The monoisotopic (exact) mass is 291 g/mol. The molecule has 20 heavy (non-hydrogen) atoms. The lowest BCUT2D eigenvalue weighted by Gasteiger charge is -2.17. The fourth-order valence-corrected chi connectivity index (χ4v) is 3.20. The SMILES string of the molecule is OCC(O)CNc1cccc(C2=CSC3=NCCN23)c1. The lowest BCUT2D eigenvalue weighted by molar-refractivity contribution is 0.105. The van der Waals surface area contributed by atoms with E-state index >= 15 is 0 Å². The molecule has 0 bridgehead atoms. The van der Waals surface area contributed by atoms with Crippen LogP contribution in [0.3, 0.4) is 0 Å². The Morgan fingerprint density at radius 1 is 1.45 bits per heavy atom. The average molecular weight is 291 g/mol. The molecule has 0 amide bonds. The van der Waals surface area contributed by atoms with E-state index < -0.39 is 6.10 Å². The van der Waals surface area contributed by atoms with E-state index in [-0.39, 0.29) is 6.61 Å². The first-order chi connectivity index (χ1) is 9.78. The molecule has 3 N–H and O–H groups in total. The van der Waals surface area contributed by atoms with Crippen LogP contribution in [0.15, 0.2) is 34.7 Å². The average Bonchev–Trinajstić information content (AvgIpc) is 3.07. The molecule has 2 aliphatic rings. The van der Waals surface area contributed by atoms with E-state index in [0.717, 1.165) is 29.5 Å². The van der Waals surface area contributed by atoms with Crippen LogP contribution in [0.2, 0.25) is 0 Å². The highest BCUT2D eigenvalue weighted by atomic mass is 32.2. The molecule has 0 spiro atoms. The van der Waals surface area contributed by atoms with Gasteiger partial charge in [-0.3, -0.25) is 4.99 Å². The summed E-state index contributed by atoms with van der Waals surface area (Å²) in [7, 11) is 0. The van der Waals surface area contributed by atoms with Crippen LogP contribution in [0.1, 0.15) is 5.56 Å². The normalized spacial score (nSPS) is 18.6. The summed E-state index contributed by atoms with van der Waals surface area (Å²) in [6.45, 7) is 1.90. The topological polar surface area (TPSA) is 68.1 Å². The van der Waals surface area contributed by atoms with Crippen LogP contribution in [0, 0.1) is 0 Å². The summed E-state index contributed by atoms with van der Waals surface area (Å²) in [5, 5.41) is 24.5. The summed E-state index contributed by atoms with van der Waals surface area (Å²) in [5.74, 6) is 0. The lowest BCUT2D eigenvalue weighted by Crippen LogP contribution is -2.23. The van der Waals surface area contributed by atoms with Crippen LogP contribution in [-0.2, 0) is 0 Å². The molecule has 1 aromatic rings. The largest absolute Gasteiger partial charge is 0.394 e. The van der Waals surface area contributed by atoms with Crippen molar-refractivity contribution in [2.45, 2.75) is 6.10 Å². The van der Waals surface area contributed by atoms with Crippen molar-refractivity contribution in [3.8, 4) is 0 Å². The highest BCUT2D eigenvalue weighted by molar-refractivity contribution is 8.16. The van der Waals surface area contributed by atoms with Crippen LogP contribution in [0.4, 0.5) is 5.69 Å². The van der Waals surface area contributed by atoms with Crippen molar-refractivity contribution in [3.05, 3.63) is 35.2 Å². The molecule has 2 heterocycles. The van der Waals surface area contributed by atoms with Crippen LogP contribution < -0.4 is 5.32 Å². The molecule has 1 aromatic carbocycles. The first-order valence-electron chi connectivity index (χ1n) is 6.60. The second kappa shape index (κ2) is 5.87. The first-order valence-corrected chi connectivity index (χ1v) is 7.48. The summed E-state index contributed by atoms with van der Waals surface area (Å²) in [6.07, 6.45) is -0.739. The molecular formula is C14H17N3O2S. The van der Waals surface area contributed by atoms with Gasteiger partial charge in [0.15, 0.2) is 5.17 Å². The molecule has 1 atom stereocenters. The van der Waals surface area contributed by atoms with Gasteiger partial charge in [0, 0.05) is 29.7 Å². The number of hydrogen-bond donors (Lipinski definition) is 3. The summed E-state index contributed by atoms with van der Waals surface area (Å²) in [5.41, 5.74) is 3.25. The predicted octanol–water partition coefficient (Wildman–Crippen LogP) is 1.17. The summed E-state index contributed by atoms with van der Waals surface area (Å²) in [4.78, 5) is 6.67. The van der Waals surface area contributed by atoms with Crippen LogP contribution in [-0.4, -0.2) is 52.6 Å². The number of thioether (sulfide) groups is 1. The van der Waals surface area contributed by atoms with E-state index in [1.807, 2.05) is 12.1 Å². The zero-order valence-electron chi connectivity index (χ0n) is 11.0. The lowest BCUT2D eigenvalue weighted by atomic mass is 10.1. The van der Waals surface area contributed by atoms with Gasteiger partial charge in [0.2, 0.25) is 0 Å². The number of anilines is 1. The van der Waals surface area contributed by atoms with Crippen LogP contribution in [0.25, 0.3) is 5.70 Å². The molecule has 106 valence electrons. The minimum atomic E-state index is -0.739. The van der Waals surface area contributed by atoms with Crippen molar-refractivity contribution >= 4 is 28.3 Å². The van der Waals surface area contributed by atoms with E-state index in [9.17, 15) is 5.11 Å². The third-order valence-corrected chi connectivity index (χ3v) is 4.18. The molecule has 5 nitrogen and oxygen atoms in total. The number of benzene rings is 1. The van der Waals surface area contributed by atoms with Crippen molar-refractivity contribution < 1.29 is 10.2 Å². The van der Waals surface area contributed by atoms with Gasteiger partial charge in [0.05, 0.1) is 25.0 Å². The zero-order chi connectivity index (χ0) is 13.9. The van der Waals surface area contributed by atoms with E-state index in [1.54, 1.807) is 11.8 Å². The highest BCUT2D eigenvalue weighted by Gasteiger charge is 2.26. The highest BCUT2D eigenvalue weighted by Crippen LogP contribution is 2.35. The number of nitrogens with one attached hydrogen (secondary N) is 1. The Balaban J connectivity index is 1.73. The number of amidine groups is 1. The van der Waals surface area contributed by atoms with Crippen LogP contribution >= 0.6 is 11.8 Å². The Hall–Kier alpha value is -1.50. The molecular weight excluding hydrogens is 274 g/mol. The standard InChI is InChI=1S/C14H17N3O2S/c18-8-12(19)7-16-11-3-1-2-10(6-11)13-9-20-14-15-4-5-17(13)14/h1-3,6,9,12,16,18-19H,4-5,7-8H2. The molecule has 1 unspecified atom stereocenters. The Labute approximate surface area is 122 Å². The number of aliphatic hydroxyl groups excluding tert-OH is 2. The van der Waals surface area contributed by atoms with Gasteiger partial charge in [0.1, 0.15) is 0 Å². The van der Waals surface area contributed by atoms with Gasteiger partial charge in [-0.15, -0.1) is 0 Å². The molecule has 3 rings (SSSR count). The predicted molar refractivity (Wildman–Crippen MR) is 82.6 cm³/mol. The maximum Gasteiger partial charge on any atom is 0.168 e.